The molecule has 0 aliphatic heterocycles. The average Bonchev–Trinajstić information content (AvgIpc) is 2.35. The number of benzene rings is 1. The molecule has 0 fully saturated rings. The normalized spacial score (nSPS) is 13.1. The van der Waals surface area contributed by atoms with E-state index in [0.29, 0.717) is 5.56 Å². The van der Waals surface area contributed by atoms with Crippen LogP contribution >= 0.6 is 12.6 Å². The van der Waals surface area contributed by atoms with Crippen LogP contribution in [0.15, 0.2) is 34.1 Å². The van der Waals surface area contributed by atoms with Gasteiger partial charge in [0.1, 0.15) is 11.2 Å². The third-order valence-corrected chi connectivity index (χ3v) is 2.58. The molecule has 0 saturated carbocycles. The molecule has 0 saturated heterocycles. The van der Waals surface area contributed by atoms with E-state index in [-0.39, 0.29) is 5.56 Å². The second kappa shape index (κ2) is 5.24. The molecule has 94 valence electrons. The first kappa shape index (κ1) is 12.7. The van der Waals surface area contributed by atoms with Crippen molar-refractivity contribution in [3.05, 3.63) is 40.2 Å². The predicted molar refractivity (Wildman–Crippen MR) is 75.7 cm³/mol. The summed E-state index contributed by atoms with van der Waals surface area (Å²) in [5, 5.41) is 0.864. The predicted octanol–water partition coefficient (Wildman–Crippen LogP) is 1.13. The van der Waals surface area contributed by atoms with Crippen LogP contribution in [0.4, 0.5) is 0 Å². The van der Waals surface area contributed by atoms with Gasteiger partial charge in [-0.2, -0.15) is 0 Å². The van der Waals surface area contributed by atoms with Crippen LogP contribution in [0.5, 0.6) is 5.75 Å². The van der Waals surface area contributed by atoms with Crippen LogP contribution in [0.1, 0.15) is 5.56 Å². The molecule has 1 aromatic heterocycles. The number of nitrogens with two attached hydrogens (primary N) is 1. The number of ether oxygens (including phenoxy) is 1. The molecule has 3 N–H and O–H groups in total. The first-order chi connectivity index (χ1) is 8.60. The first-order valence-electron chi connectivity index (χ1n) is 5.28. The molecule has 2 rings (SSSR count). The minimum atomic E-state index is -0.634. The Labute approximate surface area is 109 Å². The van der Waals surface area contributed by atoms with Gasteiger partial charge in [-0.05, 0) is 24.3 Å². The molecule has 1 unspecified atom stereocenters. The number of pyridine rings is 1. The molecule has 0 radical (unpaired) electrons. The summed E-state index contributed by atoms with van der Waals surface area (Å²) in [5.41, 5.74) is 5.71. The fourth-order valence-corrected chi connectivity index (χ4v) is 1.65. The fourth-order valence-electron chi connectivity index (χ4n) is 1.58. The summed E-state index contributed by atoms with van der Waals surface area (Å²) in [6.45, 7) is 0. The Morgan fingerprint density at radius 3 is 2.94 bits per heavy atom. The van der Waals surface area contributed by atoms with Crippen LogP contribution in [-0.4, -0.2) is 23.8 Å². The third-order valence-electron chi connectivity index (χ3n) is 2.45. The van der Waals surface area contributed by atoms with E-state index in [2.05, 4.69) is 22.6 Å². The van der Waals surface area contributed by atoms with Crippen molar-refractivity contribution in [2.24, 2.45) is 10.7 Å². The lowest BCUT2D eigenvalue weighted by atomic mass is 10.1. The molecule has 1 atom stereocenters. The molecule has 6 heteroatoms. The molecule has 0 spiro atoms. The Kier molecular flexibility index (Phi) is 3.69. The molecule has 0 aliphatic carbocycles. The van der Waals surface area contributed by atoms with E-state index in [9.17, 15) is 4.79 Å². The van der Waals surface area contributed by atoms with E-state index in [4.69, 9.17) is 10.5 Å². The summed E-state index contributed by atoms with van der Waals surface area (Å²) in [6, 6.07) is 7.15. The fraction of sp³-hybridized carbons (Fsp3) is 0.167. The zero-order valence-corrected chi connectivity index (χ0v) is 10.6. The van der Waals surface area contributed by atoms with Gasteiger partial charge in [-0.25, -0.2) is 0 Å². The average molecular weight is 263 g/mol. The maximum atomic E-state index is 11.8. The van der Waals surface area contributed by atoms with Crippen LogP contribution in [0.25, 0.3) is 10.9 Å². The Morgan fingerprint density at radius 2 is 2.28 bits per heavy atom. The number of aromatic amines is 1. The Bertz CT molecular complexity index is 649. The third kappa shape index (κ3) is 2.72. The van der Waals surface area contributed by atoms with Crippen molar-refractivity contribution in [2.45, 2.75) is 5.50 Å². The molecule has 0 amide bonds. The lowest BCUT2D eigenvalue weighted by Gasteiger charge is -2.03. The zero-order valence-electron chi connectivity index (χ0n) is 9.75. The van der Waals surface area contributed by atoms with Crippen molar-refractivity contribution in [1.29, 1.82) is 0 Å². The van der Waals surface area contributed by atoms with Crippen molar-refractivity contribution in [3.8, 4) is 5.75 Å². The van der Waals surface area contributed by atoms with E-state index in [1.54, 1.807) is 25.3 Å². The second-order valence-electron chi connectivity index (χ2n) is 3.70. The van der Waals surface area contributed by atoms with Gasteiger partial charge >= 0.3 is 0 Å². The van der Waals surface area contributed by atoms with E-state index < -0.39 is 5.50 Å². The standard InChI is InChI=1S/C12H13N3O2S/c1-17-9-2-3-10-7(5-9)4-8(11(16)15-10)6-14-12(13)18/h2-6,12,18H,13H2,1H3,(H,15,16)/b14-6+. The van der Waals surface area contributed by atoms with Gasteiger partial charge in [0, 0.05) is 17.1 Å². The van der Waals surface area contributed by atoms with Gasteiger partial charge in [0.15, 0.2) is 0 Å². The van der Waals surface area contributed by atoms with E-state index in [1.165, 1.54) is 6.21 Å². The number of fused-ring (bicyclic) bond motifs is 1. The van der Waals surface area contributed by atoms with Crippen molar-refractivity contribution >= 4 is 29.7 Å². The van der Waals surface area contributed by atoms with Crippen molar-refractivity contribution < 1.29 is 4.74 Å². The molecule has 1 aromatic carbocycles. The second-order valence-corrected chi connectivity index (χ2v) is 4.23. The maximum absolute atomic E-state index is 11.8. The van der Waals surface area contributed by atoms with Gasteiger partial charge in [0.2, 0.25) is 0 Å². The minimum absolute atomic E-state index is 0.217. The summed E-state index contributed by atoms with van der Waals surface area (Å²) in [4.78, 5) is 18.4. The number of thiol groups is 1. The molecule has 0 aliphatic rings. The summed E-state index contributed by atoms with van der Waals surface area (Å²) in [6.07, 6.45) is 1.41. The number of hydrogen-bond donors (Lipinski definition) is 3. The Hall–Kier alpha value is -1.79. The summed E-state index contributed by atoms with van der Waals surface area (Å²) in [5.74, 6) is 0.725. The quantitative estimate of drug-likeness (QED) is 0.441. The number of hydrogen-bond acceptors (Lipinski definition) is 5. The number of rotatable bonds is 3. The number of H-pyrrole nitrogens is 1. The topological polar surface area (TPSA) is 80.5 Å². The highest BCUT2D eigenvalue weighted by Gasteiger charge is 2.02. The molecule has 0 bridgehead atoms. The summed E-state index contributed by atoms with van der Waals surface area (Å²) in [7, 11) is 1.59. The lowest BCUT2D eigenvalue weighted by molar-refractivity contribution is 0.415. The van der Waals surface area contributed by atoms with Gasteiger partial charge in [-0.3, -0.25) is 9.79 Å². The van der Waals surface area contributed by atoms with Gasteiger partial charge in [0.05, 0.1) is 12.7 Å². The SMILES string of the molecule is COc1ccc2[nH]c(=O)c(/C=N/C(N)S)cc2c1. The van der Waals surface area contributed by atoms with Crippen LogP contribution in [0.3, 0.4) is 0 Å². The van der Waals surface area contributed by atoms with Crippen LogP contribution in [0, 0.1) is 0 Å². The highest BCUT2D eigenvalue weighted by atomic mass is 32.1. The van der Waals surface area contributed by atoms with Crippen molar-refractivity contribution in [2.75, 3.05) is 7.11 Å². The van der Waals surface area contributed by atoms with Crippen molar-refractivity contribution in [3.63, 3.8) is 0 Å². The van der Waals surface area contributed by atoms with Gasteiger partial charge in [-0.15, -0.1) is 12.6 Å². The highest BCUT2D eigenvalue weighted by Crippen LogP contribution is 2.18. The molecular formula is C12H13N3O2S. The van der Waals surface area contributed by atoms with Gasteiger partial charge < -0.3 is 15.5 Å². The highest BCUT2D eigenvalue weighted by molar-refractivity contribution is 7.80. The van der Waals surface area contributed by atoms with Crippen LogP contribution in [0.2, 0.25) is 0 Å². The van der Waals surface area contributed by atoms with Gasteiger partial charge in [0.25, 0.3) is 5.56 Å². The summed E-state index contributed by atoms with van der Waals surface area (Å²) < 4.78 is 5.13. The van der Waals surface area contributed by atoms with Crippen molar-refractivity contribution in [1.82, 2.24) is 4.98 Å². The first-order valence-corrected chi connectivity index (χ1v) is 5.79. The van der Waals surface area contributed by atoms with Gasteiger partial charge in [-0.1, -0.05) is 0 Å². The molecular weight excluding hydrogens is 250 g/mol. The maximum Gasteiger partial charge on any atom is 0.257 e. The van der Waals surface area contributed by atoms with Crippen LogP contribution < -0.4 is 16.0 Å². The zero-order chi connectivity index (χ0) is 13.1. The number of aliphatic imine (C=N–C) groups is 1. The molecule has 2 aromatic rings. The number of aromatic nitrogens is 1. The molecule has 1 heterocycles. The van der Waals surface area contributed by atoms with Crippen LogP contribution in [-0.2, 0) is 0 Å². The Morgan fingerprint density at radius 1 is 1.50 bits per heavy atom. The monoisotopic (exact) mass is 263 g/mol. The summed E-state index contributed by atoms with van der Waals surface area (Å²) >= 11 is 3.92. The largest absolute Gasteiger partial charge is 0.497 e. The number of nitrogens with zero attached hydrogens (tertiary/aromatic N) is 1. The number of nitrogens with one attached hydrogen (secondary N) is 1. The molecule has 5 nitrogen and oxygen atoms in total. The van der Waals surface area contributed by atoms with E-state index in [1.807, 2.05) is 6.07 Å². The minimum Gasteiger partial charge on any atom is -0.497 e. The number of methoxy groups -OCH3 is 1. The smallest absolute Gasteiger partial charge is 0.257 e. The molecule has 18 heavy (non-hydrogen) atoms. The Balaban J connectivity index is 2.55. The lowest BCUT2D eigenvalue weighted by Crippen LogP contribution is -2.14. The van der Waals surface area contributed by atoms with E-state index in [0.717, 1.165) is 16.7 Å². The van der Waals surface area contributed by atoms with E-state index >= 15 is 0 Å².